The maximum absolute atomic E-state index is 12.0. The van der Waals surface area contributed by atoms with Crippen LogP contribution in [-0.4, -0.2) is 26.4 Å². The van der Waals surface area contributed by atoms with Gasteiger partial charge >= 0.3 is 6.18 Å². The van der Waals surface area contributed by atoms with Crippen molar-refractivity contribution in [1.29, 1.82) is 0 Å². The second-order valence-corrected chi connectivity index (χ2v) is 3.69. The lowest BCUT2D eigenvalue weighted by atomic mass is 10.1. The Morgan fingerprint density at radius 3 is 2.59 bits per heavy atom. The second-order valence-electron chi connectivity index (χ2n) is 3.69. The number of para-hydroxylation sites is 1. The van der Waals surface area contributed by atoms with Crippen LogP contribution in [0.2, 0.25) is 0 Å². The molecule has 0 aromatic heterocycles. The van der Waals surface area contributed by atoms with E-state index in [0.29, 0.717) is 13.0 Å². The van der Waals surface area contributed by atoms with Gasteiger partial charge in [0.1, 0.15) is 0 Å². The molecule has 0 bridgehead atoms. The van der Waals surface area contributed by atoms with Gasteiger partial charge < -0.3 is 10.1 Å². The van der Waals surface area contributed by atoms with Crippen LogP contribution in [0.5, 0.6) is 0 Å². The van der Waals surface area contributed by atoms with Crippen molar-refractivity contribution in [3.05, 3.63) is 29.8 Å². The summed E-state index contributed by atoms with van der Waals surface area (Å²) in [7, 11) is 1.60. The Morgan fingerprint density at radius 2 is 1.94 bits per heavy atom. The molecular weight excluding hydrogens is 231 g/mol. The van der Waals surface area contributed by atoms with Gasteiger partial charge in [-0.05, 0) is 18.1 Å². The van der Waals surface area contributed by atoms with E-state index in [-0.39, 0.29) is 6.54 Å². The van der Waals surface area contributed by atoms with Gasteiger partial charge in [0.2, 0.25) is 0 Å². The largest absolute Gasteiger partial charge is 0.390 e. The Kier molecular flexibility index (Phi) is 5.28. The van der Waals surface area contributed by atoms with Gasteiger partial charge in [0, 0.05) is 19.3 Å². The smallest absolute Gasteiger partial charge is 0.384 e. The number of hydrogen-bond acceptors (Lipinski definition) is 2. The number of anilines is 1. The molecule has 0 aliphatic heterocycles. The molecule has 96 valence electrons. The highest BCUT2D eigenvalue weighted by Crippen LogP contribution is 2.21. The summed E-state index contributed by atoms with van der Waals surface area (Å²) >= 11 is 0. The topological polar surface area (TPSA) is 21.3 Å². The van der Waals surface area contributed by atoms with Crippen LogP contribution in [0.25, 0.3) is 0 Å². The molecule has 0 heterocycles. The van der Waals surface area contributed by atoms with Crippen LogP contribution in [0, 0.1) is 0 Å². The number of rotatable bonds is 6. The number of benzene rings is 1. The zero-order valence-corrected chi connectivity index (χ0v) is 9.68. The van der Waals surface area contributed by atoms with Crippen molar-refractivity contribution in [3.8, 4) is 0 Å². The molecule has 0 atom stereocenters. The molecule has 1 aromatic rings. The summed E-state index contributed by atoms with van der Waals surface area (Å²) in [4.78, 5) is 0. The second kappa shape index (κ2) is 6.49. The Balaban J connectivity index is 2.51. The van der Waals surface area contributed by atoms with E-state index in [2.05, 4.69) is 5.32 Å². The number of methoxy groups -OCH3 is 1. The van der Waals surface area contributed by atoms with Gasteiger partial charge in [-0.2, -0.15) is 13.2 Å². The number of nitrogens with one attached hydrogen (secondary N) is 1. The first-order chi connectivity index (χ1) is 8.03. The first-order valence-corrected chi connectivity index (χ1v) is 5.40. The fourth-order valence-electron chi connectivity index (χ4n) is 1.46. The van der Waals surface area contributed by atoms with Gasteiger partial charge in [0.25, 0.3) is 0 Å². The monoisotopic (exact) mass is 247 g/mol. The predicted octanol–water partition coefficient (Wildman–Crippen LogP) is 3.24. The quantitative estimate of drug-likeness (QED) is 0.833. The van der Waals surface area contributed by atoms with Crippen LogP contribution in [0.15, 0.2) is 24.3 Å². The average molecular weight is 247 g/mol. The predicted molar refractivity (Wildman–Crippen MR) is 61.2 cm³/mol. The molecule has 2 nitrogen and oxygen atoms in total. The highest BCUT2D eigenvalue weighted by Gasteiger charge is 2.26. The third-order valence-electron chi connectivity index (χ3n) is 2.32. The molecule has 1 aromatic carbocycles. The summed E-state index contributed by atoms with van der Waals surface area (Å²) < 4.78 is 41.0. The lowest BCUT2D eigenvalue weighted by Crippen LogP contribution is -2.15. The summed E-state index contributed by atoms with van der Waals surface area (Å²) in [5, 5.41) is 2.80. The first kappa shape index (κ1) is 13.8. The number of halogens is 3. The maximum Gasteiger partial charge on any atom is 0.390 e. The molecule has 0 saturated carbocycles. The Bertz CT molecular complexity index is 339. The maximum atomic E-state index is 12.0. The zero-order chi connectivity index (χ0) is 12.7. The standard InChI is InChI=1S/C12H16F3NO/c1-17-9-6-10-4-2-3-5-11(10)16-8-7-12(13,14)15/h2-5,16H,6-9H2,1H3. The van der Waals surface area contributed by atoms with Crippen LogP contribution in [-0.2, 0) is 11.2 Å². The third kappa shape index (κ3) is 5.58. The SMILES string of the molecule is COCCc1ccccc1NCCC(F)(F)F. The molecule has 1 N–H and O–H groups in total. The molecule has 0 spiro atoms. The number of ether oxygens (including phenoxy) is 1. The van der Waals surface area contributed by atoms with E-state index in [1.165, 1.54) is 0 Å². The third-order valence-corrected chi connectivity index (χ3v) is 2.32. The van der Waals surface area contributed by atoms with Crippen molar-refractivity contribution in [2.24, 2.45) is 0 Å². The number of hydrogen-bond donors (Lipinski definition) is 1. The van der Waals surface area contributed by atoms with Crippen molar-refractivity contribution in [2.45, 2.75) is 19.0 Å². The molecule has 0 aliphatic rings. The minimum absolute atomic E-state index is 0.104. The molecular formula is C12H16F3NO. The molecule has 0 fully saturated rings. The highest BCUT2D eigenvalue weighted by atomic mass is 19.4. The molecule has 0 amide bonds. The lowest BCUT2D eigenvalue weighted by Gasteiger charge is -2.12. The van der Waals surface area contributed by atoms with E-state index in [0.717, 1.165) is 11.3 Å². The van der Waals surface area contributed by atoms with Crippen LogP contribution >= 0.6 is 0 Å². The van der Waals surface area contributed by atoms with Gasteiger partial charge in [0.05, 0.1) is 13.0 Å². The van der Waals surface area contributed by atoms with Gasteiger partial charge in [-0.25, -0.2) is 0 Å². The van der Waals surface area contributed by atoms with E-state index in [1.807, 2.05) is 12.1 Å². The van der Waals surface area contributed by atoms with Gasteiger partial charge in [0.15, 0.2) is 0 Å². The Morgan fingerprint density at radius 1 is 1.24 bits per heavy atom. The molecule has 0 aliphatic carbocycles. The summed E-state index contributed by atoms with van der Waals surface area (Å²) in [5.74, 6) is 0. The zero-order valence-electron chi connectivity index (χ0n) is 9.68. The van der Waals surface area contributed by atoms with E-state index >= 15 is 0 Å². The normalized spacial score (nSPS) is 11.5. The molecule has 0 saturated heterocycles. The Hall–Kier alpha value is -1.23. The highest BCUT2D eigenvalue weighted by molar-refractivity contribution is 5.51. The van der Waals surface area contributed by atoms with E-state index in [4.69, 9.17) is 4.74 Å². The van der Waals surface area contributed by atoms with Crippen LogP contribution < -0.4 is 5.32 Å². The summed E-state index contributed by atoms with van der Waals surface area (Å²) in [6, 6.07) is 7.32. The molecule has 17 heavy (non-hydrogen) atoms. The molecule has 0 radical (unpaired) electrons. The van der Waals surface area contributed by atoms with Crippen LogP contribution in [0.3, 0.4) is 0 Å². The van der Waals surface area contributed by atoms with E-state index in [1.54, 1.807) is 19.2 Å². The van der Waals surface area contributed by atoms with Crippen molar-refractivity contribution in [2.75, 3.05) is 25.6 Å². The minimum Gasteiger partial charge on any atom is -0.384 e. The van der Waals surface area contributed by atoms with Gasteiger partial charge in [-0.1, -0.05) is 18.2 Å². The van der Waals surface area contributed by atoms with Gasteiger partial charge in [-0.15, -0.1) is 0 Å². The van der Waals surface area contributed by atoms with Crippen molar-refractivity contribution in [3.63, 3.8) is 0 Å². The average Bonchev–Trinajstić information content (AvgIpc) is 2.26. The van der Waals surface area contributed by atoms with E-state index in [9.17, 15) is 13.2 Å². The van der Waals surface area contributed by atoms with Crippen LogP contribution in [0.4, 0.5) is 18.9 Å². The van der Waals surface area contributed by atoms with Crippen LogP contribution in [0.1, 0.15) is 12.0 Å². The summed E-state index contributed by atoms with van der Waals surface area (Å²) in [5.41, 5.74) is 1.71. The lowest BCUT2D eigenvalue weighted by molar-refractivity contribution is -0.131. The van der Waals surface area contributed by atoms with Crippen molar-refractivity contribution < 1.29 is 17.9 Å². The van der Waals surface area contributed by atoms with Gasteiger partial charge in [-0.3, -0.25) is 0 Å². The fraction of sp³-hybridized carbons (Fsp3) is 0.500. The fourth-order valence-corrected chi connectivity index (χ4v) is 1.46. The summed E-state index contributed by atoms with van der Waals surface area (Å²) in [6.45, 7) is 0.450. The summed E-state index contributed by atoms with van der Waals surface area (Å²) in [6.07, 6.45) is -4.26. The minimum atomic E-state index is -4.12. The first-order valence-electron chi connectivity index (χ1n) is 5.40. The van der Waals surface area contributed by atoms with Crippen molar-refractivity contribution in [1.82, 2.24) is 0 Å². The Labute approximate surface area is 98.8 Å². The molecule has 0 unspecified atom stereocenters. The molecule has 5 heteroatoms. The van der Waals surface area contributed by atoms with Crippen molar-refractivity contribution >= 4 is 5.69 Å². The molecule has 1 rings (SSSR count). The van der Waals surface area contributed by atoms with E-state index < -0.39 is 12.6 Å². The number of alkyl halides is 3.